The number of nitrogens with zero attached hydrogens (tertiary/aromatic N) is 1. The molecule has 0 aromatic heterocycles. The van der Waals surface area contributed by atoms with Crippen molar-refractivity contribution in [1.82, 2.24) is 4.90 Å². The van der Waals surface area contributed by atoms with E-state index in [4.69, 9.17) is 0 Å². The van der Waals surface area contributed by atoms with E-state index in [2.05, 4.69) is 6.92 Å². The minimum atomic E-state index is -0.870. The molecule has 0 bridgehead atoms. The SMILES string of the molecule is CCCC1C=CC=CC1(C(=O)O)N(C)C.Cl. The van der Waals surface area contributed by atoms with Crippen LogP contribution in [0.2, 0.25) is 0 Å². The third-order valence-corrected chi connectivity index (χ3v) is 3.05. The van der Waals surface area contributed by atoms with Gasteiger partial charge in [-0.1, -0.05) is 37.6 Å². The van der Waals surface area contributed by atoms with Crippen LogP contribution in [-0.2, 0) is 4.79 Å². The lowest BCUT2D eigenvalue weighted by Gasteiger charge is -2.40. The molecular weight excluding hydrogens is 226 g/mol. The normalized spacial score (nSPS) is 27.9. The molecule has 0 saturated carbocycles. The van der Waals surface area contributed by atoms with Crippen molar-refractivity contribution in [2.24, 2.45) is 5.92 Å². The first-order chi connectivity index (χ1) is 7.05. The molecule has 0 heterocycles. The van der Waals surface area contributed by atoms with Gasteiger partial charge in [-0.15, -0.1) is 12.4 Å². The molecule has 0 aromatic rings. The van der Waals surface area contributed by atoms with Gasteiger partial charge in [-0.05, 0) is 20.5 Å². The highest BCUT2D eigenvalue weighted by Crippen LogP contribution is 2.32. The number of carboxylic acid groups (broad SMARTS) is 1. The first kappa shape index (κ1) is 15.2. The number of aliphatic carboxylic acids is 1. The van der Waals surface area contributed by atoms with Gasteiger partial charge in [0.15, 0.2) is 0 Å². The van der Waals surface area contributed by atoms with Crippen LogP contribution in [0.15, 0.2) is 24.3 Å². The van der Waals surface area contributed by atoms with Gasteiger partial charge in [0.25, 0.3) is 0 Å². The number of rotatable bonds is 4. The standard InChI is InChI=1S/C12H19NO2.ClH/c1-4-7-10-8-5-6-9-12(10,11(14)15)13(2)3;/h5-6,8-10H,4,7H2,1-3H3,(H,14,15);1H. The Morgan fingerprint density at radius 2 is 2.06 bits per heavy atom. The predicted octanol–water partition coefficient (Wildman–Crippen LogP) is 2.34. The van der Waals surface area contributed by atoms with E-state index in [-0.39, 0.29) is 18.3 Å². The van der Waals surface area contributed by atoms with Crippen molar-refractivity contribution < 1.29 is 9.90 Å². The van der Waals surface area contributed by atoms with E-state index in [1.54, 1.807) is 11.0 Å². The number of allylic oxidation sites excluding steroid dienone is 2. The Labute approximate surface area is 103 Å². The molecule has 4 heteroatoms. The van der Waals surface area contributed by atoms with Crippen LogP contribution in [0.1, 0.15) is 19.8 Å². The smallest absolute Gasteiger partial charge is 0.328 e. The Morgan fingerprint density at radius 3 is 2.50 bits per heavy atom. The largest absolute Gasteiger partial charge is 0.480 e. The van der Waals surface area contributed by atoms with E-state index in [0.29, 0.717) is 0 Å². The molecule has 0 radical (unpaired) electrons. The van der Waals surface area contributed by atoms with Gasteiger partial charge in [0.1, 0.15) is 5.54 Å². The summed E-state index contributed by atoms with van der Waals surface area (Å²) in [6.45, 7) is 2.08. The maximum absolute atomic E-state index is 11.5. The summed E-state index contributed by atoms with van der Waals surface area (Å²) >= 11 is 0. The van der Waals surface area contributed by atoms with Gasteiger partial charge in [-0.2, -0.15) is 0 Å². The fourth-order valence-corrected chi connectivity index (χ4v) is 2.20. The van der Waals surface area contributed by atoms with E-state index < -0.39 is 11.5 Å². The first-order valence-electron chi connectivity index (χ1n) is 5.32. The molecule has 1 N–H and O–H groups in total. The summed E-state index contributed by atoms with van der Waals surface area (Å²) in [6.07, 6.45) is 9.43. The van der Waals surface area contributed by atoms with Crippen LogP contribution < -0.4 is 0 Å². The molecule has 16 heavy (non-hydrogen) atoms. The van der Waals surface area contributed by atoms with Gasteiger partial charge in [-0.3, -0.25) is 4.90 Å². The molecule has 0 amide bonds. The highest BCUT2D eigenvalue weighted by Gasteiger charge is 2.45. The number of likely N-dealkylation sites (N-methyl/N-ethyl adjacent to an activating group) is 1. The summed E-state index contributed by atoms with van der Waals surface area (Å²) in [4.78, 5) is 13.3. The Kier molecular flexibility index (Phi) is 5.76. The van der Waals surface area contributed by atoms with Crippen LogP contribution >= 0.6 is 12.4 Å². The molecule has 0 aliphatic heterocycles. The highest BCUT2D eigenvalue weighted by molar-refractivity contribution is 5.85. The molecule has 0 saturated heterocycles. The van der Waals surface area contributed by atoms with E-state index in [0.717, 1.165) is 12.8 Å². The Hall–Kier alpha value is -0.800. The zero-order valence-corrected chi connectivity index (χ0v) is 10.8. The van der Waals surface area contributed by atoms with Crippen LogP contribution in [0, 0.1) is 5.92 Å². The van der Waals surface area contributed by atoms with Gasteiger partial charge < -0.3 is 5.11 Å². The van der Waals surface area contributed by atoms with Crippen molar-refractivity contribution in [2.75, 3.05) is 14.1 Å². The lowest BCUT2D eigenvalue weighted by atomic mass is 9.77. The Balaban J connectivity index is 0.00000225. The fraction of sp³-hybridized carbons (Fsp3) is 0.583. The third-order valence-electron chi connectivity index (χ3n) is 3.05. The molecule has 1 rings (SSSR count). The summed E-state index contributed by atoms with van der Waals surface area (Å²) in [5, 5.41) is 9.43. The molecule has 0 fully saturated rings. The van der Waals surface area contributed by atoms with Crippen molar-refractivity contribution >= 4 is 18.4 Å². The minimum absolute atomic E-state index is 0. The van der Waals surface area contributed by atoms with Gasteiger partial charge >= 0.3 is 5.97 Å². The maximum Gasteiger partial charge on any atom is 0.328 e. The van der Waals surface area contributed by atoms with Crippen molar-refractivity contribution in [3.63, 3.8) is 0 Å². The topological polar surface area (TPSA) is 40.5 Å². The van der Waals surface area contributed by atoms with E-state index >= 15 is 0 Å². The average Bonchev–Trinajstić information content (AvgIpc) is 2.18. The average molecular weight is 246 g/mol. The molecule has 3 nitrogen and oxygen atoms in total. The highest BCUT2D eigenvalue weighted by atomic mass is 35.5. The quantitative estimate of drug-likeness (QED) is 0.827. The number of carboxylic acids is 1. The van der Waals surface area contributed by atoms with Crippen molar-refractivity contribution in [3.05, 3.63) is 24.3 Å². The summed E-state index contributed by atoms with van der Waals surface area (Å²) in [5.74, 6) is -0.716. The second kappa shape index (κ2) is 6.06. The zero-order valence-electron chi connectivity index (χ0n) is 10.0. The predicted molar refractivity (Wildman–Crippen MR) is 68.0 cm³/mol. The van der Waals surface area contributed by atoms with E-state index in [1.165, 1.54) is 0 Å². The van der Waals surface area contributed by atoms with Crippen LogP contribution in [0.3, 0.4) is 0 Å². The van der Waals surface area contributed by atoms with Crippen molar-refractivity contribution in [1.29, 1.82) is 0 Å². The zero-order chi connectivity index (χ0) is 11.5. The summed E-state index contributed by atoms with van der Waals surface area (Å²) in [5.41, 5.74) is -0.870. The Bertz CT molecular complexity index is 299. The van der Waals surface area contributed by atoms with Gasteiger partial charge in [0.2, 0.25) is 0 Å². The summed E-state index contributed by atoms with van der Waals surface area (Å²) < 4.78 is 0. The van der Waals surface area contributed by atoms with Crippen LogP contribution in [0.4, 0.5) is 0 Å². The Morgan fingerprint density at radius 1 is 1.44 bits per heavy atom. The lowest BCUT2D eigenvalue weighted by molar-refractivity contribution is -0.149. The van der Waals surface area contributed by atoms with Crippen molar-refractivity contribution in [2.45, 2.75) is 25.3 Å². The van der Waals surface area contributed by atoms with Crippen LogP contribution in [0.5, 0.6) is 0 Å². The van der Waals surface area contributed by atoms with Crippen molar-refractivity contribution in [3.8, 4) is 0 Å². The number of hydrogen-bond donors (Lipinski definition) is 1. The van der Waals surface area contributed by atoms with Gasteiger partial charge in [-0.25, -0.2) is 4.79 Å². The minimum Gasteiger partial charge on any atom is -0.480 e. The van der Waals surface area contributed by atoms with Crippen LogP contribution in [0.25, 0.3) is 0 Å². The third kappa shape index (κ3) is 2.47. The maximum atomic E-state index is 11.5. The molecule has 0 aromatic carbocycles. The second-order valence-corrected chi connectivity index (χ2v) is 4.16. The molecule has 92 valence electrons. The number of hydrogen-bond acceptors (Lipinski definition) is 2. The molecule has 1 aliphatic carbocycles. The molecule has 2 unspecified atom stereocenters. The second-order valence-electron chi connectivity index (χ2n) is 4.16. The first-order valence-corrected chi connectivity index (χ1v) is 5.32. The molecule has 0 spiro atoms. The number of carbonyl (C=O) groups is 1. The molecule has 1 aliphatic rings. The number of halogens is 1. The summed E-state index contributed by atoms with van der Waals surface area (Å²) in [6, 6.07) is 0. The van der Waals surface area contributed by atoms with Crippen LogP contribution in [-0.4, -0.2) is 35.6 Å². The molecular formula is C12H20ClNO2. The summed E-state index contributed by atoms with van der Waals surface area (Å²) in [7, 11) is 3.64. The lowest BCUT2D eigenvalue weighted by Crippen LogP contribution is -2.55. The van der Waals surface area contributed by atoms with E-state index in [9.17, 15) is 9.90 Å². The van der Waals surface area contributed by atoms with E-state index in [1.807, 2.05) is 32.3 Å². The van der Waals surface area contributed by atoms with Gasteiger partial charge in [0.05, 0.1) is 0 Å². The molecule has 2 atom stereocenters. The fourth-order valence-electron chi connectivity index (χ4n) is 2.20. The van der Waals surface area contributed by atoms with Gasteiger partial charge in [0, 0.05) is 5.92 Å². The monoisotopic (exact) mass is 245 g/mol.